The maximum absolute atomic E-state index is 12.3. The molecule has 0 aliphatic rings. The maximum atomic E-state index is 12.3. The van der Waals surface area contributed by atoms with Gasteiger partial charge in [0.2, 0.25) is 10.0 Å². The second kappa shape index (κ2) is 7.55. The number of carbonyl (C=O) groups excluding carboxylic acids is 1. The third-order valence-corrected chi connectivity index (χ3v) is 5.14. The van der Waals surface area contributed by atoms with Crippen LogP contribution in [0.15, 0.2) is 76.2 Å². The van der Waals surface area contributed by atoms with Gasteiger partial charge in [-0.2, -0.15) is 0 Å². The van der Waals surface area contributed by atoms with Gasteiger partial charge in [0.25, 0.3) is 5.91 Å². The van der Waals surface area contributed by atoms with Crippen molar-refractivity contribution in [1.82, 2.24) is 4.72 Å². The highest BCUT2D eigenvalue weighted by molar-refractivity contribution is 7.89. The molecule has 0 bridgehead atoms. The Labute approximate surface area is 151 Å². The summed E-state index contributed by atoms with van der Waals surface area (Å²) in [5.41, 5.74) is 2.09. The number of rotatable bonds is 6. The van der Waals surface area contributed by atoms with Crippen molar-refractivity contribution in [2.75, 3.05) is 5.32 Å². The van der Waals surface area contributed by atoms with Crippen LogP contribution in [0, 0.1) is 6.92 Å². The molecular weight excluding hydrogens is 352 g/mol. The standard InChI is InChI=1S/C19H18N2O4S/c1-14-4-2-5-16(12-14)21-19(22)15-7-9-18(10-8-15)26(23,24)20-13-17-6-3-11-25-17/h2-12,20H,13H2,1H3,(H,21,22). The van der Waals surface area contributed by atoms with Crippen LogP contribution in [0.1, 0.15) is 21.7 Å². The van der Waals surface area contributed by atoms with Crippen molar-refractivity contribution in [2.24, 2.45) is 0 Å². The lowest BCUT2D eigenvalue weighted by molar-refractivity contribution is 0.102. The van der Waals surface area contributed by atoms with E-state index in [0.717, 1.165) is 5.56 Å². The van der Waals surface area contributed by atoms with Gasteiger partial charge in [-0.3, -0.25) is 4.79 Å². The number of furan rings is 1. The molecular formula is C19H18N2O4S. The van der Waals surface area contributed by atoms with E-state index in [1.807, 2.05) is 25.1 Å². The van der Waals surface area contributed by atoms with Crippen LogP contribution in [0.5, 0.6) is 0 Å². The van der Waals surface area contributed by atoms with Crippen LogP contribution in [0.2, 0.25) is 0 Å². The summed E-state index contributed by atoms with van der Waals surface area (Å²) in [5.74, 6) is 0.214. The van der Waals surface area contributed by atoms with E-state index in [1.54, 1.807) is 18.2 Å². The molecule has 2 aromatic carbocycles. The van der Waals surface area contributed by atoms with E-state index in [-0.39, 0.29) is 17.3 Å². The highest BCUT2D eigenvalue weighted by Gasteiger charge is 2.15. The Kier molecular flexibility index (Phi) is 5.20. The van der Waals surface area contributed by atoms with Crippen LogP contribution in [-0.2, 0) is 16.6 Å². The molecule has 1 aromatic heterocycles. The second-order valence-corrected chi connectivity index (χ2v) is 7.52. The minimum Gasteiger partial charge on any atom is -0.468 e. The van der Waals surface area contributed by atoms with E-state index in [2.05, 4.69) is 10.0 Å². The fraction of sp³-hybridized carbons (Fsp3) is 0.105. The minimum absolute atomic E-state index is 0.0604. The molecule has 0 saturated heterocycles. The van der Waals surface area contributed by atoms with Crippen LogP contribution >= 0.6 is 0 Å². The van der Waals surface area contributed by atoms with Gasteiger partial charge in [-0.1, -0.05) is 12.1 Å². The van der Waals surface area contributed by atoms with E-state index in [0.29, 0.717) is 17.0 Å². The number of aryl methyl sites for hydroxylation is 1. The maximum Gasteiger partial charge on any atom is 0.255 e. The summed E-state index contributed by atoms with van der Waals surface area (Å²) >= 11 is 0. The molecule has 0 radical (unpaired) electrons. The normalized spacial score (nSPS) is 11.3. The Balaban J connectivity index is 1.68. The largest absolute Gasteiger partial charge is 0.468 e. The quantitative estimate of drug-likeness (QED) is 0.697. The van der Waals surface area contributed by atoms with Gasteiger partial charge in [0, 0.05) is 11.3 Å². The zero-order valence-corrected chi connectivity index (χ0v) is 14.9. The molecule has 1 amide bonds. The van der Waals surface area contributed by atoms with E-state index in [1.165, 1.54) is 30.5 Å². The van der Waals surface area contributed by atoms with Gasteiger partial charge in [-0.25, -0.2) is 13.1 Å². The first-order chi connectivity index (χ1) is 12.4. The molecule has 0 fully saturated rings. The highest BCUT2D eigenvalue weighted by Crippen LogP contribution is 2.14. The first-order valence-corrected chi connectivity index (χ1v) is 9.42. The van der Waals surface area contributed by atoms with Crippen LogP contribution < -0.4 is 10.0 Å². The molecule has 0 atom stereocenters. The van der Waals surface area contributed by atoms with E-state index in [4.69, 9.17) is 4.42 Å². The molecule has 3 aromatic rings. The van der Waals surface area contributed by atoms with Crippen LogP contribution in [-0.4, -0.2) is 14.3 Å². The second-order valence-electron chi connectivity index (χ2n) is 5.75. The fourth-order valence-corrected chi connectivity index (χ4v) is 3.37. The average Bonchev–Trinajstić information content (AvgIpc) is 3.14. The summed E-state index contributed by atoms with van der Waals surface area (Å²) < 4.78 is 32.1. The number of amides is 1. The molecule has 0 aliphatic heterocycles. The summed E-state index contributed by atoms with van der Waals surface area (Å²) in [4.78, 5) is 12.4. The van der Waals surface area contributed by atoms with E-state index < -0.39 is 10.0 Å². The Morgan fingerprint density at radius 2 is 1.81 bits per heavy atom. The van der Waals surface area contributed by atoms with E-state index in [9.17, 15) is 13.2 Å². The summed E-state index contributed by atoms with van der Waals surface area (Å²) in [6.45, 7) is 2.00. The van der Waals surface area contributed by atoms with Crippen LogP contribution in [0.4, 0.5) is 5.69 Å². The smallest absolute Gasteiger partial charge is 0.255 e. The van der Waals surface area contributed by atoms with Gasteiger partial charge >= 0.3 is 0 Å². The summed E-state index contributed by atoms with van der Waals surface area (Å²) in [5, 5.41) is 2.78. The van der Waals surface area contributed by atoms with Crippen LogP contribution in [0.25, 0.3) is 0 Å². The number of anilines is 1. The molecule has 3 rings (SSSR count). The average molecular weight is 370 g/mol. The summed E-state index contributed by atoms with van der Waals surface area (Å²) in [7, 11) is -3.69. The monoisotopic (exact) mass is 370 g/mol. The molecule has 0 saturated carbocycles. The minimum atomic E-state index is -3.69. The first-order valence-electron chi connectivity index (χ1n) is 7.94. The van der Waals surface area contributed by atoms with Crippen molar-refractivity contribution in [3.8, 4) is 0 Å². The number of benzene rings is 2. The molecule has 26 heavy (non-hydrogen) atoms. The lowest BCUT2D eigenvalue weighted by Crippen LogP contribution is -2.23. The zero-order chi connectivity index (χ0) is 18.6. The summed E-state index contributed by atoms with van der Waals surface area (Å²) in [6, 6.07) is 16.6. The lowest BCUT2D eigenvalue weighted by Gasteiger charge is -2.08. The van der Waals surface area contributed by atoms with Crippen LogP contribution in [0.3, 0.4) is 0 Å². The number of carbonyl (C=O) groups is 1. The number of nitrogens with one attached hydrogen (secondary N) is 2. The van der Waals surface area contributed by atoms with Crippen molar-refractivity contribution in [3.63, 3.8) is 0 Å². The van der Waals surface area contributed by atoms with Crippen molar-refractivity contribution in [1.29, 1.82) is 0 Å². The highest BCUT2D eigenvalue weighted by atomic mass is 32.2. The molecule has 0 unspecified atom stereocenters. The van der Waals surface area contributed by atoms with Crippen molar-refractivity contribution in [2.45, 2.75) is 18.4 Å². The topological polar surface area (TPSA) is 88.4 Å². The molecule has 0 spiro atoms. The molecule has 7 heteroatoms. The molecule has 2 N–H and O–H groups in total. The Morgan fingerprint density at radius 1 is 1.04 bits per heavy atom. The van der Waals surface area contributed by atoms with Crippen molar-refractivity contribution in [3.05, 3.63) is 83.8 Å². The van der Waals surface area contributed by atoms with Crippen molar-refractivity contribution >= 4 is 21.6 Å². The van der Waals surface area contributed by atoms with Gasteiger partial charge in [0.15, 0.2) is 0 Å². The third-order valence-electron chi connectivity index (χ3n) is 3.72. The number of sulfonamides is 1. The first kappa shape index (κ1) is 17.9. The van der Waals surface area contributed by atoms with E-state index >= 15 is 0 Å². The SMILES string of the molecule is Cc1cccc(NC(=O)c2ccc(S(=O)(=O)NCc3ccco3)cc2)c1. The molecule has 6 nitrogen and oxygen atoms in total. The third kappa shape index (κ3) is 4.38. The van der Waals surface area contributed by atoms with Gasteiger partial charge in [0.05, 0.1) is 17.7 Å². The predicted molar refractivity (Wildman–Crippen MR) is 98.3 cm³/mol. The van der Waals surface area contributed by atoms with Gasteiger partial charge in [0.1, 0.15) is 5.76 Å². The molecule has 0 aliphatic carbocycles. The van der Waals surface area contributed by atoms with Gasteiger partial charge in [-0.15, -0.1) is 0 Å². The predicted octanol–water partition coefficient (Wildman–Crippen LogP) is 3.32. The molecule has 1 heterocycles. The fourth-order valence-electron chi connectivity index (χ4n) is 2.37. The molecule has 134 valence electrons. The zero-order valence-electron chi connectivity index (χ0n) is 14.1. The van der Waals surface area contributed by atoms with Gasteiger partial charge in [-0.05, 0) is 61.0 Å². The Hall–Kier alpha value is -2.90. The number of hydrogen-bond acceptors (Lipinski definition) is 4. The summed E-state index contributed by atoms with van der Waals surface area (Å²) in [6.07, 6.45) is 1.48. The van der Waals surface area contributed by atoms with Gasteiger partial charge < -0.3 is 9.73 Å². The Bertz CT molecular complexity index is 994. The van der Waals surface area contributed by atoms with Crippen molar-refractivity contribution < 1.29 is 17.6 Å². The lowest BCUT2D eigenvalue weighted by atomic mass is 10.2. The Morgan fingerprint density at radius 3 is 2.46 bits per heavy atom. The number of hydrogen-bond donors (Lipinski definition) is 2.